The van der Waals surface area contributed by atoms with Gasteiger partial charge in [-0.05, 0) is 38.5 Å². The summed E-state index contributed by atoms with van der Waals surface area (Å²) in [6, 6.07) is 4.99. The lowest BCUT2D eigenvalue weighted by atomic mass is 10.1. The second-order valence-corrected chi connectivity index (χ2v) is 9.15. The zero-order chi connectivity index (χ0) is 21.3. The Kier molecular flexibility index (Phi) is 6.38. The molecule has 30 heavy (non-hydrogen) atoms. The van der Waals surface area contributed by atoms with E-state index in [9.17, 15) is 9.59 Å². The number of hydrogen-bond donors (Lipinski definition) is 1. The van der Waals surface area contributed by atoms with Crippen molar-refractivity contribution in [2.45, 2.75) is 45.4 Å². The number of thiazole rings is 1. The molecule has 2 fully saturated rings. The number of anilines is 2. The largest absolute Gasteiger partial charge is 0.373 e. The van der Waals surface area contributed by atoms with Gasteiger partial charge in [0.1, 0.15) is 0 Å². The number of nitrogens with zero attached hydrogens (tertiary/aromatic N) is 3. The Bertz CT molecular complexity index is 940. The number of morpholine rings is 1. The fourth-order valence-electron chi connectivity index (χ4n) is 4.07. The Labute approximate surface area is 185 Å². The van der Waals surface area contributed by atoms with Gasteiger partial charge in [-0.15, -0.1) is 11.3 Å². The van der Waals surface area contributed by atoms with Gasteiger partial charge in [0, 0.05) is 43.0 Å². The maximum atomic E-state index is 12.9. The van der Waals surface area contributed by atoms with Gasteiger partial charge in [-0.1, -0.05) is 11.6 Å². The number of rotatable bonds is 5. The number of halogens is 1. The fourth-order valence-corrected chi connectivity index (χ4v) is 4.93. The summed E-state index contributed by atoms with van der Waals surface area (Å²) < 4.78 is 5.78. The van der Waals surface area contributed by atoms with Crippen molar-refractivity contribution in [2.24, 2.45) is 0 Å². The van der Waals surface area contributed by atoms with Crippen LogP contribution in [0.5, 0.6) is 0 Å². The normalized spacial score (nSPS) is 22.5. The van der Waals surface area contributed by atoms with Crippen molar-refractivity contribution in [1.29, 1.82) is 0 Å². The highest BCUT2D eigenvalue weighted by atomic mass is 35.5. The van der Waals surface area contributed by atoms with E-state index in [0.717, 1.165) is 31.7 Å². The zero-order valence-electron chi connectivity index (χ0n) is 17.1. The molecule has 2 aliphatic rings. The van der Waals surface area contributed by atoms with E-state index in [-0.39, 0.29) is 24.0 Å². The summed E-state index contributed by atoms with van der Waals surface area (Å²) >= 11 is 7.53. The van der Waals surface area contributed by atoms with Gasteiger partial charge >= 0.3 is 0 Å². The third kappa shape index (κ3) is 4.83. The van der Waals surface area contributed by atoms with E-state index in [0.29, 0.717) is 34.4 Å². The van der Waals surface area contributed by atoms with Crippen LogP contribution in [-0.4, -0.2) is 53.5 Å². The molecule has 2 atom stereocenters. The van der Waals surface area contributed by atoms with E-state index >= 15 is 0 Å². The van der Waals surface area contributed by atoms with Gasteiger partial charge in [0.15, 0.2) is 5.13 Å². The first-order chi connectivity index (χ1) is 14.4. The van der Waals surface area contributed by atoms with Crippen molar-refractivity contribution in [2.75, 3.05) is 29.9 Å². The van der Waals surface area contributed by atoms with E-state index in [1.165, 1.54) is 11.3 Å². The highest BCUT2D eigenvalue weighted by Gasteiger charge is 2.27. The molecule has 0 bridgehead atoms. The third-order valence-electron chi connectivity index (χ3n) is 5.22. The van der Waals surface area contributed by atoms with Gasteiger partial charge in [-0.2, -0.15) is 0 Å². The quantitative estimate of drug-likeness (QED) is 0.753. The summed E-state index contributed by atoms with van der Waals surface area (Å²) in [5.74, 6) is -0.285. The highest BCUT2D eigenvalue weighted by Crippen LogP contribution is 2.30. The number of carbonyl (C=O) groups is 2. The Hall–Kier alpha value is -2.00. The molecule has 0 saturated carbocycles. The van der Waals surface area contributed by atoms with E-state index in [2.05, 4.69) is 29.0 Å². The van der Waals surface area contributed by atoms with Crippen molar-refractivity contribution in [1.82, 2.24) is 9.88 Å². The maximum Gasteiger partial charge on any atom is 0.259 e. The second kappa shape index (κ2) is 9.01. The molecule has 0 spiro atoms. The Morgan fingerprint density at radius 1 is 1.33 bits per heavy atom. The number of ether oxygens (including phenoxy) is 1. The van der Waals surface area contributed by atoms with Crippen LogP contribution in [0.2, 0.25) is 5.02 Å². The average molecular weight is 449 g/mol. The smallest absolute Gasteiger partial charge is 0.259 e. The predicted octanol–water partition coefficient (Wildman–Crippen LogP) is 3.78. The number of nitrogens with one attached hydrogen (secondary N) is 1. The molecule has 1 N–H and O–H groups in total. The Morgan fingerprint density at radius 3 is 2.80 bits per heavy atom. The van der Waals surface area contributed by atoms with Gasteiger partial charge in [0.05, 0.1) is 29.2 Å². The Morgan fingerprint density at radius 2 is 2.10 bits per heavy atom. The van der Waals surface area contributed by atoms with Gasteiger partial charge in [0.2, 0.25) is 5.91 Å². The molecular weight excluding hydrogens is 424 g/mol. The highest BCUT2D eigenvalue weighted by molar-refractivity contribution is 7.14. The SMILES string of the molecule is CC1CN(Cc2csc(NC(=O)c3ccc(Cl)cc3N3CCCC3=O)n2)CC(C)O1. The first-order valence-electron chi connectivity index (χ1n) is 10.1. The lowest BCUT2D eigenvalue weighted by Gasteiger charge is -2.34. The summed E-state index contributed by atoms with van der Waals surface area (Å²) in [7, 11) is 0. The van der Waals surface area contributed by atoms with Crippen molar-refractivity contribution >= 4 is 45.6 Å². The summed E-state index contributed by atoms with van der Waals surface area (Å²) in [6.07, 6.45) is 1.66. The maximum absolute atomic E-state index is 12.9. The molecule has 1 aromatic heterocycles. The van der Waals surface area contributed by atoms with Crippen LogP contribution in [0.3, 0.4) is 0 Å². The van der Waals surface area contributed by atoms with Crippen LogP contribution in [0.15, 0.2) is 23.6 Å². The van der Waals surface area contributed by atoms with Crippen molar-refractivity contribution < 1.29 is 14.3 Å². The summed E-state index contributed by atoms with van der Waals surface area (Å²) in [5.41, 5.74) is 1.89. The van der Waals surface area contributed by atoms with Crippen LogP contribution >= 0.6 is 22.9 Å². The fraction of sp³-hybridized carbons (Fsp3) is 0.476. The zero-order valence-corrected chi connectivity index (χ0v) is 18.6. The number of benzene rings is 1. The van der Waals surface area contributed by atoms with E-state index in [4.69, 9.17) is 16.3 Å². The van der Waals surface area contributed by atoms with Crippen LogP contribution in [0.25, 0.3) is 0 Å². The van der Waals surface area contributed by atoms with Crippen LogP contribution in [0.1, 0.15) is 42.7 Å². The molecule has 2 amide bonds. The Balaban J connectivity index is 1.46. The molecule has 2 saturated heterocycles. The monoisotopic (exact) mass is 448 g/mol. The molecule has 2 unspecified atom stereocenters. The molecule has 2 aliphatic heterocycles. The van der Waals surface area contributed by atoms with Crippen molar-refractivity contribution in [3.63, 3.8) is 0 Å². The molecular formula is C21H25ClN4O3S. The van der Waals surface area contributed by atoms with Crippen molar-refractivity contribution in [3.05, 3.63) is 39.9 Å². The summed E-state index contributed by atoms with van der Waals surface area (Å²) in [5, 5.41) is 5.87. The van der Waals surface area contributed by atoms with Gasteiger partial charge < -0.3 is 9.64 Å². The summed E-state index contributed by atoms with van der Waals surface area (Å²) in [6.45, 7) is 7.19. The van der Waals surface area contributed by atoms with Gasteiger partial charge in [-0.3, -0.25) is 19.8 Å². The first kappa shape index (κ1) is 21.2. The molecule has 7 nitrogen and oxygen atoms in total. The van der Waals surface area contributed by atoms with Crippen LogP contribution in [-0.2, 0) is 16.1 Å². The third-order valence-corrected chi connectivity index (χ3v) is 6.26. The lowest BCUT2D eigenvalue weighted by Crippen LogP contribution is -2.44. The molecule has 160 valence electrons. The van der Waals surface area contributed by atoms with Crippen LogP contribution in [0, 0.1) is 0 Å². The minimum absolute atomic E-state index is 0.0109. The van der Waals surface area contributed by atoms with Crippen LogP contribution < -0.4 is 10.2 Å². The van der Waals surface area contributed by atoms with Gasteiger partial charge in [-0.25, -0.2) is 4.98 Å². The topological polar surface area (TPSA) is 74.8 Å². The first-order valence-corrected chi connectivity index (χ1v) is 11.4. The number of hydrogen-bond acceptors (Lipinski definition) is 6. The average Bonchev–Trinajstić information content (AvgIpc) is 3.29. The molecule has 0 aliphatic carbocycles. The molecule has 3 heterocycles. The summed E-state index contributed by atoms with van der Waals surface area (Å²) in [4.78, 5) is 33.7. The minimum Gasteiger partial charge on any atom is -0.373 e. The van der Waals surface area contributed by atoms with E-state index < -0.39 is 0 Å². The number of aromatic nitrogens is 1. The molecule has 2 aromatic rings. The van der Waals surface area contributed by atoms with E-state index in [1.807, 2.05) is 5.38 Å². The standard InChI is InChI=1S/C21H25ClN4O3S/c1-13-9-25(10-14(2)29-13)11-16-12-30-21(23-16)24-20(28)17-6-5-15(22)8-18(17)26-7-3-4-19(26)27/h5-6,8,12-14H,3-4,7,9-11H2,1-2H3,(H,23,24,28). The molecule has 9 heteroatoms. The number of carbonyl (C=O) groups excluding carboxylic acids is 2. The number of amides is 2. The lowest BCUT2D eigenvalue weighted by molar-refractivity contribution is -0.117. The molecule has 0 radical (unpaired) electrons. The molecule has 1 aromatic carbocycles. The van der Waals surface area contributed by atoms with Crippen LogP contribution in [0.4, 0.5) is 10.8 Å². The second-order valence-electron chi connectivity index (χ2n) is 7.86. The molecule has 4 rings (SSSR count). The predicted molar refractivity (Wildman–Crippen MR) is 118 cm³/mol. The van der Waals surface area contributed by atoms with E-state index in [1.54, 1.807) is 23.1 Å². The van der Waals surface area contributed by atoms with Crippen molar-refractivity contribution in [3.8, 4) is 0 Å². The minimum atomic E-state index is -0.295. The van der Waals surface area contributed by atoms with Gasteiger partial charge in [0.25, 0.3) is 5.91 Å².